The summed E-state index contributed by atoms with van der Waals surface area (Å²) in [4.78, 5) is 25.3. The number of benzene rings is 2. The van der Waals surface area contributed by atoms with Crippen molar-refractivity contribution >= 4 is 17.6 Å². The molecule has 0 spiro atoms. The predicted molar refractivity (Wildman–Crippen MR) is 93.3 cm³/mol. The first kappa shape index (κ1) is 16.8. The number of unbranched alkanes of at least 4 members (excludes halogenated alkanes) is 2. The fourth-order valence-electron chi connectivity index (χ4n) is 2.96. The molecule has 0 saturated heterocycles. The zero-order valence-corrected chi connectivity index (χ0v) is 13.7. The van der Waals surface area contributed by atoms with Crippen LogP contribution in [0.4, 0.5) is 0 Å². The lowest BCUT2D eigenvalue weighted by molar-refractivity contribution is 0.0976. The molecule has 0 aromatic heterocycles. The number of hydrogen-bond donors (Lipinski definition) is 3. The molecule has 0 bridgehead atoms. The van der Waals surface area contributed by atoms with E-state index in [1.54, 1.807) is 6.08 Å². The van der Waals surface area contributed by atoms with Crippen LogP contribution >= 0.6 is 0 Å². The highest BCUT2D eigenvalue weighted by Crippen LogP contribution is 2.37. The highest BCUT2D eigenvalue weighted by atomic mass is 16.3. The number of aromatic hydroxyl groups is 3. The van der Waals surface area contributed by atoms with Gasteiger partial charge in [0.15, 0.2) is 11.6 Å². The fourth-order valence-corrected chi connectivity index (χ4v) is 2.96. The highest BCUT2D eigenvalue weighted by molar-refractivity contribution is 6.29. The zero-order chi connectivity index (χ0) is 18.1. The third kappa shape index (κ3) is 2.89. The maximum absolute atomic E-state index is 12.7. The second-order valence-electron chi connectivity index (χ2n) is 6.05. The summed E-state index contributed by atoms with van der Waals surface area (Å²) in [6, 6.07) is 4.90. The van der Waals surface area contributed by atoms with Crippen LogP contribution in [0.2, 0.25) is 0 Å². The number of carbonyl (C=O) groups is 2. The number of rotatable bonds is 4. The lowest BCUT2D eigenvalue weighted by atomic mass is 9.82. The topological polar surface area (TPSA) is 94.8 Å². The summed E-state index contributed by atoms with van der Waals surface area (Å²) in [5.74, 6) is -1.87. The van der Waals surface area contributed by atoms with Crippen LogP contribution in [-0.2, 0) is 0 Å². The average molecular weight is 338 g/mol. The Hall–Kier alpha value is -3.08. The number of allylic oxidation sites excluding steroid dienone is 1. The van der Waals surface area contributed by atoms with Crippen LogP contribution in [0.5, 0.6) is 17.2 Å². The molecule has 0 amide bonds. The van der Waals surface area contributed by atoms with Gasteiger partial charge in [-0.2, -0.15) is 0 Å². The maximum Gasteiger partial charge on any atom is 0.198 e. The third-order valence-electron chi connectivity index (χ3n) is 4.25. The van der Waals surface area contributed by atoms with Crippen LogP contribution in [0.25, 0.3) is 6.08 Å². The average Bonchev–Trinajstić information content (AvgIpc) is 2.56. The molecule has 1 aliphatic rings. The number of hydrogen-bond acceptors (Lipinski definition) is 5. The quantitative estimate of drug-likeness (QED) is 0.629. The Morgan fingerprint density at radius 1 is 0.880 bits per heavy atom. The Balaban J connectivity index is 2.10. The van der Waals surface area contributed by atoms with Crippen LogP contribution in [0.1, 0.15) is 63.6 Å². The molecule has 3 rings (SSSR count). The summed E-state index contributed by atoms with van der Waals surface area (Å²) in [7, 11) is 0. The SMILES string of the molecule is CCCCC=Cc1cc2c(cc1O)C(=O)c1cc(O)cc(O)c1C2=O. The largest absolute Gasteiger partial charge is 0.508 e. The highest BCUT2D eigenvalue weighted by Gasteiger charge is 2.33. The van der Waals surface area contributed by atoms with Crippen LogP contribution in [-0.4, -0.2) is 26.9 Å². The minimum absolute atomic E-state index is 0.0608. The van der Waals surface area contributed by atoms with Crippen molar-refractivity contribution < 1.29 is 24.9 Å². The molecule has 0 saturated carbocycles. The van der Waals surface area contributed by atoms with Gasteiger partial charge in [0.2, 0.25) is 0 Å². The molecule has 0 radical (unpaired) electrons. The van der Waals surface area contributed by atoms with Crippen molar-refractivity contribution in [2.24, 2.45) is 0 Å². The Morgan fingerprint density at radius 2 is 1.60 bits per heavy atom. The lowest BCUT2D eigenvalue weighted by Crippen LogP contribution is -2.21. The first-order chi connectivity index (χ1) is 11.9. The van der Waals surface area contributed by atoms with Gasteiger partial charge in [-0.3, -0.25) is 9.59 Å². The Kier molecular flexibility index (Phi) is 4.31. The molecule has 25 heavy (non-hydrogen) atoms. The van der Waals surface area contributed by atoms with Gasteiger partial charge in [0, 0.05) is 28.3 Å². The molecule has 0 fully saturated rings. The number of carbonyl (C=O) groups excluding carboxylic acids is 2. The van der Waals surface area contributed by atoms with Crippen LogP contribution < -0.4 is 0 Å². The van der Waals surface area contributed by atoms with E-state index in [1.807, 2.05) is 6.08 Å². The van der Waals surface area contributed by atoms with Gasteiger partial charge in [0.05, 0.1) is 5.56 Å². The van der Waals surface area contributed by atoms with Crippen LogP contribution in [0.15, 0.2) is 30.3 Å². The molecule has 0 atom stereocenters. The van der Waals surface area contributed by atoms with Gasteiger partial charge in [-0.25, -0.2) is 0 Å². The summed E-state index contributed by atoms with van der Waals surface area (Å²) in [5, 5.41) is 29.7. The van der Waals surface area contributed by atoms with E-state index in [4.69, 9.17) is 0 Å². The maximum atomic E-state index is 12.7. The molecule has 0 unspecified atom stereocenters. The summed E-state index contributed by atoms with van der Waals surface area (Å²) in [6.07, 6.45) is 6.54. The lowest BCUT2D eigenvalue weighted by Gasteiger charge is -2.19. The summed E-state index contributed by atoms with van der Waals surface area (Å²) >= 11 is 0. The van der Waals surface area contributed by atoms with Crippen molar-refractivity contribution in [1.82, 2.24) is 0 Å². The number of phenols is 3. The van der Waals surface area contributed by atoms with E-state index in [-0.39, 0.29) is 33.8 Å². The van der Waals surface area contributed by atoms with Gasteiger partial charge in [-0.15, -0.1) is 0 Å². The van der Waals surface area contributed by atoms with Crippen molar-refractivity contribution in [2.75, 3.05) is 0 Å². The van der Waals surface area contributed by atoms with Gasteiger partial charge < -0.3 is 15.3 Å². The van der Waals surface area contributed by atoms with Gasteiger partial charge in [-0.1, -0.05) is 31.9 Å². The van der Waals surface area contributed by atoms with Crippen molar-refractivity contribution in [3.63, 3.8) is 0 Å². The first-order valence-corrected chi connectivity index (χ1v) is 8.13. The molecule has 2 aromatic carbocycles. The Morgan fingerprint density at radius 3 is 2.32 bits per heavy atom. The summed E-state index contributed by atoms with van der Waals surface area (Å²) < 4.78 is 0. The third-order valence-corrected chi connectivity index (χ3v) is 4.25. The van der Waals surface area contributed by atoms with E-state index in [0.717, 1.165) is 31.4 Å². The molecular weight excluding hydrogens is 320 g/mol. The van der Waals surface area contributed by atoms with Crippen molar-refractivity contribution in [2.45, 2.75) is 26.2 Å². The molecule has 128 valence electrons. The number of phenolic OH excluding ortho intramolecular Hbond substituents is 3. The van der Waals surface area contributed by atoms with Crippen LogP contribution in [0, 0.1) is 0 Å². The first-order valence-electron chi connectivity index (χ1n) is 8.13. The molecule has 0 heterocycles. The Labute approximate surface area is 144 Å². The van der Waals surface area contributed by atoms with Gasteiger partial charge >= 0.3 is 0 Å². The minimum Gasteiger partial charge on any atom is -0.508 e. The van der Waals surface area contributed by atoms with Crippen molar-refractivity contribution in [1.29, 1.82) is 0 Å². The second-order valence-corrected chi connectivity index (χ2v) is 6.05. The van der Waals surface area contributed by atoms with Gasteiger partial charge in [0.25, 0.3) is 0 Å². The van der Waals surface area contributed by atoms with E-state index >= 15 is 0 Å². The van der Waals surface area contributed by atoms with Crippen molar-refractivity contribution in [3.05, 3.63) is 58.2 Å². The van der Waals surface area contributed by atoms with E-state index in [1.165, 1.54) is 12.1 Å². The normalized spacial score (nSPS) is 13.2. The molecule has 2 aromatic rings. The standard InChI is InChI=1S/C20H18O5/c1-2-3-4-5-6-11-7-13-14(10-16(11)22)19(24)15-8-12(21)9-17(23)18(15)20(13)25/h5-10,21-23H,2-4H2,1H3. The van der Waals surface area contributed by atoms with Gasteiger partial charge in [0.1, 0.15) is 17.2 Å². The monoisotopic (exact) mass is 338 g/mol. The number of fused-ring (bicyclic) bond motifs is 2. The van der Waals surface area contributed by atoms with E-state index in [2.05, 4.69) is 6.92 Å². The zero-order valence-electron chi connectivity index (χ0n) is 13.7. The number of ketones is 2. The van der Waals surface area contributed by atoms with E-state index < -0.39 is 17.3 Å². The Bertz CT molecular complexity index is 909. The molecular formula is C20H18O5. The molecule has 0 aliphatic heterocycles. The minimum atomic E-state index is -0.521. The molecule has 3 N–H and O–H groups in total. The van der Waals surface area contributed by atoms with Gasteiger partial charge in [-0.05, 0) is 24.6 Å². The van der Waals surface area contributed by atoms with Crippen LogP contribution in [0.3, 0.4) is 0 Å². The smallest absolute Gasteiger partial charge is 0.198 e. The van der Waals surface area contributed by atoms with E-state index in [9.17, 15) is 24.9 Å². The molecule has 5 heteroatoms. The molecule has 5 nitrogen and oxygen atoms in total. The summed E-state index contributed by atoms with van der Waals surface area (Å²) in [6.45, 7) is 2.08. The fraction of sp³-hybridized carbons (Fsp3) is 0.200. The van der Waals surface area contributed by atoms with Crippen molar-refractivity contribution in [3.8, 4) is 17.2 Å². The predicted octanol–water partition coefficient (Wildman–Crippen LogP) is 3.78. The molecule has 1 aliphatic carbocycles. The second kappa shape index (κ2) is 6.43. The van der Waals surface area contributed by atoms with E-state index in [0.29, 0.717) is 5.56 Å². The summed E-state index contributed by atoms with van der Waals surface area (Å²) in [5.41, 5.74) is 0.442.